The number of hydrogen-bond donors (Lipinski definition) is 2. The topological polar surface area (TPSA) is 41.1 Å². The second kappa shape index (κ2) is 5.29. The average Bonchev–Trinajstić information content (AvgIpc) is 2.96. The lowest BCUT2D eigenvalue weighted by Crippen LogP contribution is -2.42. The van der Waals surface area contributed by atoms with Crippen LogP contribution in [0.3, 0.4) is 0 Å². The second-order valence-electron chi connectivity index (χ2n) is 4.14. The molecule has 1 aliphatic rings. The number of carbonyl (C=O) groups excluding carboxylic acids is 1. The van der Waals surface area contributed by atoms with Crippen molar-refractivity contribution in [2.75, 3.05) is 0 Å². The molecule has 3 nitrogen and oxygen atoms in total. The second-order valence-corrected chi connectivity index (χ2v) is 6.43. The Kier molecular flexibility index (Phi) is 4.00. The van der Waals surface area contributed by atoms with Crippen LogP contribution in [0.25, 0.3) is 0 Å². The van der Waals surface area contributed by atoms with E-state index in [1.807, 2.05) is 6.92 Å². The van der Waals surface area contributed by atoms with Crippen LogP contribution in [-0.4, -0.2) is 18.0 Å². The molecule has 1 aromatic rings. The van der Waals surface area contributed by atoms with E-state index < -0.39 is 0 Å². The standard InChI is InChI=1S/C11H15BrN2OS/c1-7(11(15)14-9-2-3-9)13-5-8-4-10(12)16-6-8/h4,6-7,9,13H,2-3,5H2,1H3,(H,14,15). The molecule has 2 N–H and O–H groups in total. The molecule has 2 rings (SSSR count). The molecule has 1 saturated carbocycles. The number of amides is 1. The van der Waals surface area contributed by atoms with Gasteiger partial charge in [-0.05, 0) is 52.7 Å². The summed E-state index contributed by atoms with van der Waals surface area (Å²) in [5, 5.41) is 8.29. The minimum atomic E-state index is -0.126. The van der Waals surface area contributed by atoms with Gasteiger partial charge in [0.1, 0.15) is 0 Å². The maximum Gasteiger partial charge on any atom is 0.237 e. The Bertz CT molecular complexity index is 376. The minimum Gasteiger partial charge on any atom is -0.352 e. The molecule has 1 unspecified atom stereocenters. The maximum absolute atomic E-state index is 11.6. The van der Waals surface area contributed by atoms with Crippen molar-refractivity contribution in [3.05, 3.63) is 20.8 Å². The van der Waals surface area contributed by atoms with Gasteiger partial charge in [-0.25, -0.2) is 0 Å². The van der Waals surface area contributed by atoms with Gasteiger partial charge >= 0.3 is 0 Å². The molecule has 0 spiro atoms. The summed E-state index contributed by atoms with van der Waals surface area (Å²) in [5.41, 5.74) is 1.21. The SMILES string of the molecule is CC(NCc1csc(Br)c1)C(=O)NC1CC1. The molecule has 1 aliphatic carbocycles. The normalized spacial score (nSPS) is 17.1. The molecule has 0 aromatic carbocycles. The molecule has 1 heterocycles. The Morgan fingerprint density at radius 3 is 3.00 bits per heavy atom. The van der Waals surface area contributed by atoms with E-state index in [1.54, 1.807) is 11.3 Å². The summed E-state index contributed by atoms with van der Waals surface area (Å²) in [6.45, 7) is 2.64. The largest absolute Gasteiger partial charge is 0.352 e. The van der Waals surface area contributed by atoms with Crippen LogP contribution >= 0.6 is 27.3 Å². The zero-order valence-electron chi connectivity index (χ0n) is 9.13. The maximum atomic E-state index is 11.6. The summed E-state index contributed by atoms with van der Waals surface area (Å²) in [4.78, 5) is 11.6. The molecule has 1 aromatic heterocycles. The predicted octanol–water partition coefficient (Wildman–Crippen LogP) is 2.27. The quantitative estimate of drug-likeness (QED) is 0.876. The van der Waals surface area contributed by atoms with Crippen LogP contribution in [0.1, 0.15) is 25.3 Å². The Balaban J connectivity index is 1.73. The molecule has 88 valence electrons. The van der Waals surface area contributed by atoms with Crippen LogP contribution in [0.2, 0.25) is 0 Å². The Morgan fingerprint density at radius 1 is 1.69 bits per heavy atom. The molecule has 1 amide bonds. The summed E-state index contributed by atoms with van der Waals surface area (Å²) in [7, 11) is 0. The third-order valence-electron chi connectivity index (χ3n) is 2.55. The predicted molar refractivity (Wildman–Crippen MR) is 69.5 cm³/mol. The first kappa shape index (κ1) is 12.1. The Labute approximate surface area is 108 Å². The molecule has 0 saturated heterocycles. The van der Waals surface area contributed by atoms with E-state index in [-0.39, 0.29) is 11.9 Å². The molecule has 0 bridgehead atoms. The fourth-order valence-corrected chi connectivity index (χ4v) is 2.57. The molecular weight excluding hydrogens is 288 g/mol. The lowest BCUT2D eigenvalue weighted by Gasteiger charge is -2.12. The van der Waals surface area contributed by atoms with Gasteiger partial charge in [0.05, 0.1) is 9.83 Å². The van der Waals surface area contributed by atoms with Gasteiger partial charge in [-0.15, -0.1) is 11.3 Å². The molecular formula is C11H15BrN2OS. The van der Waals surface area contributed by atoms with Crippen LogP contribution in [0.4, 0.5) is 0 Å². The first-order valence-electron chi connectivity index (χ1n) is 5.42. The highest BCUT2D eigenvalue weighted by atomic mass is 79.9. The van der Waals surface area contributed by atoms with E-state index in [4.69, 9.17) is 0 Å². The number of halogens is 1. The molecule has 1 atom stereocenters. The summed E-state index contributed by atoms with van der Waals surface area (Å²) in [6, 6.07) is 2.38. The van der Waals surface area contributed by atoms with Crippen molar-refractivity contribution in [1.29, 1.82) is 0 Å². The number of rotatable bonds is 5. The van der Waals surface area contributed by atoms with Crippen LogP contribution < -0.4 is 10.6 Å². The molecule has 1 fully saturated rings. The lowest BCUT2D eigenvalue weighted by atomic mass is 10.2. The van der Waals surface area contributed by atoms with Crippen molar-refractivity contribution in [2.24, 2.45) is 0 Å². The number of hydrogen-bond acceptors (Lipinski definition) is 3. The van der Waals surface area contributed by atoms with Crippen LogP contribution in [-0.2, 0) is 11.3 Å². The summed E-state index contributed by atoms with van der Waals surface area (Å²) >= 11 is 5.08. The van der Waals surface area contributed by atoms with Crippen molar-refractivity contribution >= 4 is 33.2 Å². The van der Waals surface area contributed by atoms with Gasteiger partial charge in [0, 0.05) is 12.6 Å². The fourth-order valence-electron chi connectivity index (χ4n) is 1.36. The molecule has 5 heteroatoms. The highest BCUT2D eigenvalue weighted by molar-refractivity contribution is 9.11. The highest BCUT2D eigenvalue weighted by Crippen LogP contribution is 2.20. The third-order valence-corrected chi connectivity index (χ3v) is 4.10. The lowest BCUT2D eigenvalue weighted by molar-refractivity contribution is -0.122. The Morgan fingerprint density at radius 2 is 2.44 bits per heavy atom. The summed E-state index contributed by atoms with van der Waals surface area (Å²) in [5.74, 6) is 0.108. The van der Waals surface area contributed by atoms with E-state index in [0.29, 0.717) is 6.04 Å². The van der Waals surface area contributed by atoms with Gasteiger partial charge in [-0.2, -0.15) is 0 Å². The third kappa shape index (κ3) is 3.57. The van der Waals surface area contributed by atoms with E-state index >= 15 is 0 Å². The van der Waals surface area contributed by atoms with Gasteiger partial charge in [0.2, 0.25) is 5.91 Å². The van der Waals surface area contributed by atoms with E-state index in [9.17, 15) is 4.79 Å². The number of thiophene rings is 1. The van der Waals surface area contributed by atoms with Crippen molar-refractivity contribution < 1.29 is 4.79 Å². The number of carbonyl (C=O) groups is 1. The zero-order chi connectivity index (χ0) is 11.5. The highest BCUT2D eigenvalue weighted by Gasteiger charge is 2.25. The van der Waals surface area contributed by atoms with Crippen LogP contribution in [0.15, 0.2) is 15.2 Å². The van der Waals surface area contributed by atoms with E-state index in [1.165, 1.54) is 5.56 Å². The molecule has 0 radical (unpaired) electrons. The fraction of sp³-hybridized carbons (Fsp3) is 0.545. The monoisotopic (exact) mass is 302 g/mol. The average molecular weight is 303 g/mol. The van der Waals surface area contributed by atoms with Gasteiger partial charge in [0.25, 0.3) is 0 Å². The van der Waals surface area contributed by atoms with E-state index in [2.05, 4.69) is 38.0 Å². The van der Waals surface area contributed by atoms with Gasteiger partial charge in [-0.1, -0.05) is 0 Å². The first-order chi connectivity index (χ1) is 7.65. The van der Waals surface area contributed by atoms with E-state index in [0.717, 1.165) is 23.2 Å². The molecule has 16 heavy (non-hydrogen) atoms. The first-order valence-corrected chi connectivity index (χ1v) is 7.09. The Hall–Kier alpha value is -0.390. The van der Waals surface area contributed by atoms with Crippen molar-refractivity contribution in [3.63, 3.8) is 0 Å². The summed E-state index contributed by atoms with van der Waals surface area (Å²) in [6.07, 6.45) is 2.27. The van der Waals surface area contributed by atoms with Crippen LogP contribution in [0.5, 0.6) is 0 Å². The zero-order valence-corrected chi connectivity index (χ0v) is 11.5. The van der Waals surface area contributed by atoms with Gasteiger partial charge < -0.3 is 10.6 Å². The minimum absolute atomic E-state index is 0.108. The van der Waals surface area contributed by atoms with Crippen LogP contribution in [0, 0.1) is 0 Å². The van der Waals surface area contributed by atoms with Crippen molar-refractivity contribution in [3.8, 4) is 0 Å². The molecule has 0 aliphatic heterocycles. The summed E-state index contributed by atoms with van der Waals surface area (Å²) < 4.78 is 1.12. The number of nitrogens with one attached hydrogen (secondary N) is 2. The van der Waals surface area contributed by atoms with Gasteiger partial charge in [-0.3, -0.25) is 4.79 Å². The van der Waals surface area contributed by atoms with Gasteiger partial charge in [0.15, 0.2) is 0 Å². The van der Waals surface area contributed by atoms with Crippen molar-refractivity contribution in [2.45, 2.75) is 38.4 Å². The van der Waals surface area contributed by atoms with Crippen molar-refractivity contribution in [1.82, 2.24) is 10.6 Å². The smallest absolute Gasteiger partial charge is 0.237 e.